The van der Waals surface area contributed by atoms with E-state index < -0.39 is 11.7 Å². The van der Waals surface area contributed by atoms with Gasteiger partial charge in [0.15, 0.2) is 0 Å². The molecule has 1 N–H and O–H groups in total. The molecule has 0 aliphatic rings. The Bertz CT molecular complexity index is 588. The van der Waals surface area contributed by atoms with Crippen LogP contribution in [0.25, 0.3) is 0 Å². The standard InChI is InChI=1S/C15H18F3N3/c1-11(2)19-7-14-9-21(10-20-14)8-12-4-3-5-13(6-12)15(16,17)18/h3-6,9-11,19H,7-8H2,1-2H3. The van der Waals surface area contributed by atoms with Crippen molar-refractivity contribution in [3.63, 3.8) is 0 Å². The molecule has 1 aromatic carbocycles. The monoisotopic (exact) mass is 297 g/mol. The van der Waals surface area contributed by atoms with Crippen LogP contribution in [0.15, 0.2) is 36.8 Å². The minimum Gasteiger partial charge on any atom is -0.333 e. The molecule has 0 aliphatic carbocycles. The number of alkyl halides is 3. The van der Waals surface area contributed by atoms with Crippen LogP contribution in [0.3, 0.4) is 0 Å². The van der Waals surface area contributed by atoms with Crippen LogP contribution in [0, 0.1) is 0 Å². The smallest absolute Gasteiger partial charge is 0.333 e. The van der Waals surface area contributed by atoms with E-state index >= 15 is 0 Å². The number of hydrogen-bond donors (Lipinski definition) is 1. The number of rotatable bonds is 5. The van der Waals surface area contributed by atoms with Crippen LogP contribution in [0.2, 0.25) is 0 Å². The predicted octanol–water partition coefficient (Wildman–Crippen LogP) is 3.45. The SMILES string of the molecule is CC(C)NCc1cn(Cc2cccc(C(F)(F)F)c2)cn1. The van der Waals surface area contributed by atoms with Crippen LogP contribution in [0.5, 0.6) is 0 Å². The molecule has 0 aliphatic heterocycles. The van der Waals surface area contributed by atoms with Gasteiger partial charge in [-0.1, -0.05) is 26.0 Å². The van der Waals surface area contributed by atoms with Gasteiger partial charge in [-0.05, 0) is 17.7 Å². The topological polar surface area (TPSA) is 29.9 Å². The maximum Gasteiger partial charge on any atom is 0.416 e. The Balaban J connectivity index is 2.05. The van der Waals surface area contributed by atoms with E-state index in [-0.39, 0.29) is 0 Å². The molecule has 0 spiro atoms. The summed E-state index contributed by atoms with van der Waals surface area (Å²) in [5.41, 5.74) is 0.850. The van der Waals surface area contributed by atoms with Crippen molar-refractivity contribution in [1.29, 1.82) is 0 Å². The first-order valence-electron chi connectivity index (χ1n) is 6.75. The molecule has 0 bridgehead atoms. The third-order valence-corrected chi connectivity index (χ3v) is 3.00. The first-order chi connectivity index (χ1) is 9.84. The average molecular weight is 297 g/mol. The maximum absolute atomic E-state index is 12.7. The van der Waals surface area contributed by atoms with E-state index in [1.54, 1.807) is 17.0 Å². The van der Waals surface area contributed by atoms with Gasteiger partial charge in [-0.2, -0.15) is 13.2 Å². The number of benzene rings is 1. The zero-order valence-electron chi connectivity index (χ0n) is 12.0. The van der Waals surface area contributed by atoms with Crippen molar-refractivity contribution < 1.29 is 13.2 Å². The molecule has 3 nitrogen and oxygen atoms in total. The second-order valence-corrected chi connectivity index (χ2v) is 5.27. The van der Waals surface area contributed by atoms with Crippen molar-refractivity contribution in [3.05, 3.63) is 53.6 Å². The van der Waals surface area contributed by atoms with Gasteiger partial charge in [0.25, 0.3) is 0 Å². The molecule has 6 heteroatoms. The third kappa shape index (κ3) is 4.60. The number of aromatic nitrogens is 2. The van der Waals surface area contributed by atoms with Gasteiger partial charge in [-0.15, -0.1) is 0 Å². The van der Waals surface area contributed by atoms with Crippen molar-refractivity contribution in [3.8, 4) is 0 Å². The zero-order chi connectivity index (χ0) is 15.5. The Morgan fingerprint density at radius 3 is 2.71 bits per heavy atom. The fourth-order valence-electron chi connectivity index (χ4n) is 1.95. The van der Waals surface area contributed by atoms with Gasteiger partial charge < -0.3 is 9.88 Å². The molecule has 21 heavy (non-hydrogen) atoms. The third-order valence-electron chi connectivity index (χ3n) is 3.00. The first-order valence-corrected chi connectivity index (χ1v) is 6.75. The van der Waals surface area contributed by atoms with Crippen molar-refractivity contribution in [2.75, 3.05) is 0 Å². The van der Waals surface area contributed by atoms with Gasteiger partial charge in [-0.3, -0.25) is 0 Å². The summed E-state index contributed by atoms with van der Waals surface area (Å²) < 4.78 is 39.8. The normalized spacial score (nSPS) is 12.1. The number of hydrogen-bond acceptors (Lipinski definition) is 2. The highest BCUT2D eigenvalue weighted by atomic mass is 19.4. The lowest BCUT2D eigenvalue weighted by Crippen LogP contribution is -2.21. The quantitative estimate of drug-likeness (QED) is 0.916. The molecular formula is C15H18F3N3. The van der Waals surface area contributed by atoms with Crippen LogP contribution in [0.4, 0.5) is 13.2 Å². The Labute approximate surface area is 121 Å². The Hall–Kier alpha value is -1.82. The van der Waals surface area contributed by atoms with Gasteiger partial charge >= 0.3 is 6.18 Å². The first kappa shape index (κ1) is 15.6. The van der Waals surface area contributed by atoms with Gasteiger partial charge in [0.2, 0.25) is 0 Å². The summed E-state index contributed by atoms with van der Waals surface area (Å²) in [7, 11) is 0. The number of halogens is 3. The summed E-state index contributed by atoms with van der Waals surface area (Å²) in [6, 6.07) is 5.72. The highest BCUT2D eigenvalue weighted by molar-refractivity contribution is 5.26. The van der Waals surface area contributed by atoms with Crippen molar-refractivity contribution in [1.82, 2.24) is 14.9 Å². The van der Waals surface area contributed by atoms with E-state index in [0.29, 0.717) is 24.7 Å². The molecule has 1 aromatic heterocycles. The van der Waals surface area contributed by atoms with Crippen molar-refractivity contribution >= 4 is 0 Å². The van der Waals surface area contributed by atoms with Gasteiger partial charge in [-0.25, -0.2) is 4.98 Å². The summed E-state index contributed by atoms with van der Waals surface area (Å²) in [4.78, 5) is 4.23. The molecule has 0 amide bonds. The summed E-state index contributed by atoms with van der Waals surface area (Å²) in [5.74, 6) is 0. The molecule has 0 atom stereocenters. The van der Waals surface area contributed by atoms with E-state index in [1.807, 2.05) is 20.0 Å². The van der Waals surface area contributed by atoms with Crippen LogP contribution in [-0.4, -0.2) is 15.6 Å². The lowest BCUT2D eigenvalue weighted by molar-refractivity contribution is -0.137. The minimum atomic E-state index is -4.31. The highest BCUT2D eigenvalue weighted by Gasteiger charge is 2.30. The molecule has 2 aromatic rings. The molecule has 0 saturated carbocycles. The largest absolute Gasteiger partial charge is 0.416 e. The number of nitrogens with one attached hydrogen (secondary N) is 1. The van der Waals surface area contributed by atoms with Crippen LogP contribution in [0.1, 0.15) is 30.7 Å². The van der Waals surface area contributed by atoms with Gasteiger partial charge in [0.05, 0.1) is 17.6 Å². The Morgan fingerprint density at radius 1 is 1.29 bits per heavy atom. The lowest BCUT2D eigenvalue weighted by Gasteiger charge is -2.09. The molecule has 0 radical (unpaired) electrons. The Morgan fingerprint density at radius 2 is 2.05 bits per heavy atom. The van der Waals surface area contributed by atoms with E-state index in [4.69, 9.17) is 0 Å². The zero-order valence-corrected chi connectivity index (χ0v) is 12.0. The average Bonchev–Trinajstić information content (AvgIpc) is 2.83. The lowest BCUT2D eigenvalue weighted by atomic mass is 10.1. The van der Waals surface area contributed by atoms with E-state index in [0.717, 1.165) is 11.8 Å². The van der Waals surface area contributed by atoms with Crippen molar-refractivity contribution in [2.24, 2.45) is 0 Å². The highest BCUT2D eigenvalue weighted by Crippen LogP contribution is 2.29. The molecule has 0 fully saturated rings. The van der Waals surface area contributed by atoms with E-state index in [1.165, 1.54) is 12.1 Å². The molecule has 0 unspecified atom stereocenters. The molecule has 1 heterocycles. The molecule has 2 rings (SSSR count). The Kier molecular flexibility index (Phi) is 4.67. The number of nitrogens with zero attached hydrogens (tertiary/aromatic N) is 2. The van der Waals surface area contributed by atoms with E-state index in [2.05, 4.69) is 10.3 Å². The van der Waals surface area contributed by atoms with Crippen LogP contribution >= 0.6 is 0 Å². The fraction of sp³-hybridized carbons (Fsp3) is 0.400. The fourth-order valence-corrected chi connectivity index (χ4v) is 1.95. The van der Waals surface area contributed by atoms with Gasteiger partial charge in [0.1, 0.15) is 0 Å². The molecular weight excluding hydrogens is 279 g/mol. The van der Waals surface area contributed by atoms with Crippen LogP contribution < -0.4 is 5.32 Å². The second-order valence-electron chi connectivity index (χ2n) is 5.27. The second kappa shape index (κ2) is 6.30. The summed E-state index contributed by atoms with van der Waals surface area (Å²) in [5, 5.41) is 3.24. The molecule has 114 valence electrons. The summed E-state index contributed by atoms with van der Waals surface area (Å²) >= 11 is 0. The van der Waals surface area contributed by atoms with E-state index in [9.17, 15) is 13.2 Å². The van der Waals surface area contributed by atoms with Gasteiger partial charge in [0, 0.05) is 25.3 Å². The van der Waals surface area contributed by atoms with Crippen LogP contribution in [-0.2, 0) is 19.3 Å². The minimum absolute atomic E-state index is 0.360. The predicted molar refractivity (Wildman–Crippen MR) is 74.7 cm³/mol. The summed E-state index contributed by atoms with van der Waals surface area (Å²) in [6.45, 7) is 5.10. The maximum atomic E-state index is 12.7. The molecule has 0 saturated heterocycles. The summed E-state index contributed by atoms with van der Waals surface area (Å²) in [6.07, 6.45) is -0.829. The van der Waals surface area contributed by atoms with Crippen molar-refractivity contribution in [2.45, 2.75) is 39.2 Å². The number of imidazole rings is 1.